The fraction of sp³-hybridized carbons (Fsp3) is 0.235. The van der Waals surface area contributed by atoms with E-state index in [4.69, 9.17) is 9.47 Å². The fourth-order valence-corrected chi connectivity index (χ4v) is 2.98. The number of carbonyl (C=O) groups is 2. The second-order valence-corrected chi connectivity index (χ2v) is 5.83. The molecule has 0 saturated heterocycles. The summed E-state index contributed by atoms with van der Waals surface area (Å²) in [5, 5.41) is 2.94. The molecule has 0 spiro atoms. The van der Waals surface area contributed by atoms with Crippen LogP contribution in [-0.2, 0) is 9.53 Å². The number of carbonyl (C=O) groups excluding carboxylic acids is 2. The molecule has 25 heavy (non-hydrogen) atoms. The van der Waals surface area contributed by atoms with Crippen molar-refractivity contribution in [3.8, 4) is 11.5 Å². The van der Waals surface area contributed by atoms with Crippen molar-refractivity contribution in [2.45, 2.75) is 6.92 Å². The molecule has 0 aliphatic carbocycles. The summed E-state index contributed by atoms with van der Waals surface area (Å²) in [7, 11) is 4.37. The number of aromatic nitrogens is 1. The molecule has 0 aliphatic rings. The highest BCUT2D eigenvalue weighted by Crippen LogP contribution is 2.31. The van der Waals surface area contributed by atoms with Gasteiger partial charge in [-0.15, -0.1) is 0 Å². The number of benzene rings is 1. The Balaban J connectivity index is 2.13. The Morgan fingerprint density at radius 1 is 1.20 bits per heavy atom. The normalized spacial score (nSPS) is 10.6. The van der Waals surface area contributed by atoms with Crippen LogP contribution in [0.1, 0.15) is 20.9 Å². The molecule has 1 amide bonds. The number of aryl methyl sites for hydroxylation is 1. The Hall–Kier alpha value is -2.87. The van der Waals surface area contributed by atoms with Gasteiger partial charge in [0.25, 0.3) is 0 Å². The van der Waals surface area contributed by atoms with E-state index in [9.17, 15) is 9.59 Å². The van der Waals surface area contributed by atoms with Gasteiger partial charge in [0.2, 0.25) is 5.91 Å². The summed E-state index contributed by atoms with van der Waals surface area (Å²) in [6.07, 6.45) is 2.96. The predicted octanol–water partition coefficient (Wildman–Crippen LogP) is 2.91. The maximum atomic E-state index is 12.1. The van der Waals surface area contributed by atoms with Crippen molar-refractivity contribution < 1.29 is 23.8 Å². The molecule has 1 aromatic carbocycles. The molecule has 2 rings (SSSR count). The van der Waals surface area contributed by atoms with E-state index in [2.05, 4.69) is 15.0 Å². The zero-order valence-electron chi connectivity index (χ0n) is 14.3. The van der Waals surface area contributed by atoms with E-state index < -0.39 is 5.97 Å². The Kier molecular flexibility index (Phi) is 6.13. The van der Waals surface area contributed by atoms with Crippen molar-refractivity contribution in [1.82, 2.24) is 4.98 Å². The highest BCUT2D eigenvalue weighted by molar-refractivity contribution is 7.17. The lowest BCUT2D eigenvalue weighted by Crippen LogP contribution is -2.07. The zero-order valence-corrected chi connectivity index (χ0v) is 15.1. The number of hydrogen-bond donors (Lipinski definition) is 1. The minimum atomic E-state index is -0.479. The Labute approximate surface area is 149 Å². The summed E-state index contributed by atoms with van der Waals surface area (Å²) in [5.41, 5.74) is 1.20. The van der Waals surface area contributed by atoms with E-state index >= 15 is 0 Å². The molecule has 1 aromatic heterocycles. The largest absolute Gasteiger partial charge is 0.493 e. The molecule has 0 radical (unpaired) electrons. The maximum Gasteiger partial charge on any atom is 0.350 e. The molecule has 1 N–H and O–H groups in total. The van der Waals surface area contributed by atoms with Crippen molar-refractivity contribution in [1.29, 1.82) is 0 Å². The first-order chi connectivity index (χ1) is 12.0. The molecule has 0 aliphatic heterocycles. The minimum absolute atomic E-state index is 0.324. The van der Waals surface area contributed by atoms with Gasteiger partial charge in [0.15, 0.2) is 16.6 Å². The van der Waals surface area contributed by atoms with Gasteiger partial charge in [0.05, 0.1) is 27.0 Å². The van der Waals surface area contributed by atoms with E-state index in [1.807, 2.05) is 0 Å². The highest BCUT2D eigenvalue weighted by atomic mass is 32.1. The molecule has 0 saturated carbocycles. The molecule has 0 atom stereocenters. The van der Waals surface area contributed by atoms with Crippen LogP contribution < -0.4 is 14.8 Å². The molecule has 0 bridgehead atoms. The lowest BCUT2D eigenvalue weighted by atomic mass is 10.1. The lowest BCUT2D eigenvalue weighted by Gasteiger charge is -2.09. The van der Waals surface area contributed by atoms with Crippen molar-refractivity contribution in [2.75, 3.05) is 26.6 Å². The number of thiazole rings is 1. The molecule has 2 aromatic rings. The topological polar surface area (TPSA) is 86.8 Å². The smallest absolute Gasteiger partial charge is 0.350 e. The number of hydrogen-bond acceptors (Lipinski definition) is 7. The molecular weight excluding hydrogens is 344 g/mol. The number of nitrogens with one attached hydrogen (secondary N) is 1. The Bertz CT molecular complexity index is 813. The molecule has 8 heteroatoms. The summed E-state index contributed by atoms with van der Waals surface area (Å²) in [4.78, 5) is 28.2. The highest BCUT2D eigenvalue weighted by Gasteiger charge is 2.16. The molecule has 1 heterocycles. The Morgan fingerprint density at radius 2 is 1.96 bits per heavy atom. The number of amides is 1. The number of methoxy groups -OCH3 is 3. The fourth-order valence-electron chi connectivity index (χ4n) is 2.09. The standard InChI is InChI=1S/C17H18N2O5S/c1-10-15(16(21)24-4)25-17(18-10)19-13(20)9-8-11-6-5-7-12(22-2)14(11)23-3/h5-9H,1-4H3,(H,18,19,20)/b9-8+. The van der Waals surface area contributed by atoms with Crippen LogP contribution in [0, 0.1) is 6.92 Å². The number of rotatable bonds is 6. The van der Waals surface area contributed by atoms with Crippen molar-refractivity contribution in [3.05, 3.63) is 40.4 Å². The second kappa shape index (κ2) is 8.29. The van der Waals surface area contributed by atoms with Gasteiger partial charge in [-0.3, -0.25) is 10.1 Å². The van der Waals surface area contributed by atoms with Crippen LogP contribution in [0.4, 0.5) is 5.13 Å². The average Bonchev–Trinajstić information content (AvgIpc) is 2.98. The second-order valence-electron chi connectivity index (χ2n) is 4.83. The zero-order chi connectivity index (χ0) is 18.4. The number of ether oxygens (including phenoxy) is 3. The van der Waals surface area contributed by atoms with E-state index in [1.54, 1.807) is 38.3 Å². The van der Waals surface area contributed by atoms with Gasteiger partial charge in [0, 0.05) is 11.6 Å². The SMILES string of the molecule is COC(=O)c1sc(NC(=O)/C=C/c2cccc(OC)c2OC)nc1C. The van der Waals surface area contributed by atoms with Crippen LogP contribution in [0.3, 0.4) is 0 Å². The predicted molar refractivity (Wildman–Crippen MR) is 95.4 cm³/mol. The molecular formula is C17H18N2O5S. The van der Waals surface area contributed by atoms with Gasteiger partial charge in [0.1, 0.15) is 4.88 Å². The summed E-state index contributed by atoms with van der Waals surface area (Å²) < 4.78 is 15.2. The number of esters is 1. The van der Waals surface area contributed by atoms with Crippen LogP contribution in [0.5, 0.6) is 11.5 Å². The average molecular weight is 362 g/mol. The quantitative estimate of drug-likeness (QED) is 0.628. The summed E-state index contributed by atoms with van der Waals surface area (Å²) in [6, 6.07) is 5.36. The van der Waals surface area contributed by atoms with Gasteiger partial charge in [-0.2, -0.15) is 0 Å². The first kappa shape index (κ1) is 18.5. The summed E-state index contributed by atoms with van der Waals surface area (Å²) >= 11 is 1.06. The molecule has 132 valence electrons. The van der Waals surface area contributed by atoms with E-state index in [0.717, 1.165) is 11.3 Å². The van der Waals surface area contributed by atoms with E-state index in [1.165, 1.54) is 20.3 Å². The number of nitrogens with zero attached hydrogens (tertiary/aromatic N) is 1. The monoisotopic (exact) mass is 362 g/mol. The Morgan fingerprint density at radius 3 is 2.60 bits per heavy atom. The first-order valence-corrected chi connectivity index (χ1v) is 8.07. The van der Waals surface area contributed by atoms with Crippen LogP contribution in [-0.4, -0.2) is 38.2 Å². The van der Waals surface area contributed by atoms with Gasteiger partial charge in [-0.05, 0) is 19.1 Å². The first-order valence-electron chi connectivity index (χ1n) is 7.26. The molecule has 0 unspecified atom stereocenters. The van der Waals surface area contributed by atoms with E-state index in [-0.39, 0.29) is 5.91 Å². The molecule has 7 nitrogen and oxygen atoms in total. The van der Waals surface area contributed by atoms with Gasteiger partial charge < -0.3 is 14.2 Å². The van der Waals surface area contributed by atoms with Crippen LogP contribution >= 0.6 is 11.3 Å². The van der Waals surface area contributed by atoms with Crippen LogP contribution in [0.2, 0.25) is 0 Å². The third-order valence-electron chi connectivity index (χ3n) is 3.25. The van der Waals surface area contributed by atoms with Crippen molar-refractivity contribution >= 4 is 34.4 Å². The van der Waals surface area contributed by atoms with Crippen molar-refractivity contribution in [2.24, 2.45) is 0 Å². The van der Waals surface area contributed by atoms with Crippen LogP contribution in [0.15, 0.2) is 24.3 Å². The minimum Gasteiger partial charge on any atom is -0.493 e. The third-order valence-corrected chi connectivity index (χ3v) is 4.30. The number of para-hydroxylation sites is 1. The van der Waals surface area contributed by atoms with E-state index in [0.29, 0.717) is 32.8 Å². The summed E-state index contributed by atoms with van der Waals surface area (Å²) in [6.45, 7) is 1.68. The van der Waals surface area contributed by atoms with Gasteiger partial charge in [-0.1, -0.05) is 23.5 Å². The van der Waals surface area contributed by atoms with Gasteiger partial charge in [-0.25, -0.2) is 9.78 Å². The summed E-state index contributed by atoms with van der Waals surface area (Å²) in [5.74, 6) is 0.248. The number of anilines is 1. The lowest BCUT2D eigenvalue weighted by molar-refractivity contribution is -0.111. The maximum absolute atomic E-state index is 12.1. The third kappa shape index (κ3) is 4.36. The van der Waals surface area contributed by atoms with Crippen LogP contribution in [0.25, 0.3) is 6.08 Å². The molecule has 0 fully saturated rings. The van der Waals surface area contributed by atoms with Crippen molar-refractivity contribution in [3.63, 3.8) is 0 Å². The van der Waals surface area contributed by atoms with Gasteiger partial charge >= 0.3 is 5.97 Å².